The standard InChI is InChI=1S/C28H25NO5/c1-32-26-17-20(27(30)33-2)15-14-19(26)9-7-8-16-29-28(31)34-18-25-23-12-5-3-10-21(23)22-11-4-6-13-24(22)25/h3-6,10-15,17,25H,8,16,18H2,1-2H3,(H,29,31). The number of esters is 1. The van der Waals surface area contributed by atoms with Gasteiger partial charge in [0.2, 0.25) is 0 Å². The maximum Gasteiger partial charge on any atom is 0.407 e. The Bertz CT molecular complexity index is 1230. The van der Waals surface area contributed by atoms with Crippen LogP contribution in [-0.2, 0) is 9.47 Å². The van der Waals surface area contributed by atoms with Crippen LogP contribution in [0.4, 0.5) is 4.79 Å². The number of methoxy groups -OCH3 is 2. The van der Waals surface area contributed by atoms with Crippen molar-refractivity contribution in [3.63, 3.8) is 0 Å². The van der Waals surface area contributed by atoms with Crippen LogP contribution in [0.3, 0.4) is 0 Å². The zero-order chi connectivity index (χ0) is 23.9. The Balaban J connectivity index is 1.29. The molecule has 0 fully saturated rings. The first kappa shape index (κ1) is 22.9. The molecule has 0 radical (unpaired) electrons. The Labute approximate surface area is 198 Å². The molecule has 1 amide bonds. The molecule has 4 rings (SSSR count). The van der Waals surface area contributed by atoms with Gasteiger partial charge in [-0.15, -0.1) is 0 Å². The van der Waals surface area contributed by atoms with Gasteiger partial charge in [-0.2, -0.15) is 0 Å². The zero-order valence-electron chi connectivity index (χ0n) is 19.1. The van der Waals surface area contributed by atoms with E-state index in [2.05, 4.69) is 41.4 Å². The summed E-state index contributed by atoms with van der Waals surface area (Å²) < 4.78 is 15.5. The third-order valence-corrected chi connectivity index (χ3v) is 5.71. The highest BCUT2D eigenvalue weighted by Crippen LogP contribution is 2.44. The van der Waals surface area contributed by atoms with Gasteiger partial charge in [-0.05, 0) is 40.5 Å². The maximum atomic E-state index is 12.2. The molecule has 172 valence electrons. The van der Waals surface area contributed by atoms with E-state index in [1.807, 2.05) is 24.3 Å². The molecule has 6 heteroatoms. The van der Waals surface area contributed by atoms with Crippen molar-refractivity contribution in [1.82, 2.24) is 5.32 Å². The second-order valence-electron chi connectivity index (χ2n) is 7.71. The van der Waals surface area contributed by atoms with Crippen LogP contribution in [0.1, 0.15) is 39.4 Å². The molecule has 1 aliphatic rings. The van der Waals surface area contributed by atoms with Gasteiger partial charge in [0.25, 0.3) is 0 Å². The summed E-state index contributed by atoms with van der Waals surface area (Å²) in [7, 11) is 2.84. The van der Waals surface area contributed by atoms with Crippen LogP contribution in [0.25, 0.3) is 11.1 Å². The molecule has 3 aromatic rings. The number of ether oxygens (including phenoxy) is 3. The minimum Gasteiger partial charge on any atom is -0.495 e. The lowest BCUT2D eigenvalue weighted by Gasteiger charge is -2.14. The first-order valence-electron chi connectivity index (χ1n) is 11.0. The van der Waals surface area contributed by atoms with E-state index < -0.39 is 12.1 Å². The Kier molecular flexibility index (Phi) is 7.14. The fourth-order valence-electron chi connectivity index (χ4n) is 4.07. The number of alkyl carbamates (subject to hydrolysis) is 1. The van der Waals surface area contributed by atoms with Gasteiger partial charge in [0, 0.05) is 18.9 Å². The summed E-state index contributed by atoms with van der Waals surface area (Å²) in [4.78, 5) is 23.9. The molecule has 0 heterocycles. The number of hydrogen-bond acceptors (Lipinski definition) is 5. The fourth-order valence-corrected chi connectivity index (χ4v) is 4.07. The van der Waals surface area contributed by atoms with E-state index in [1.54, 1.807) is 18.2 Å². The summed E-state index contributed by atoms with van der Waals surface area (Å²) in [5.41, 5.74) is 5.78. The number of hydrogen-bond donors (Lipinski definition) is 1. The lowest BCUT2D eigenvalue weighted by molar-refractivity contribution is 0.0600. The highest BCUT2D eigenvalue weighted by molar-refractivity contribution is 5.90. The highest BCUT2D eigenvalue weighted by atomic mass is 16.5. The van der Waals surface area contributed by atoms with Crippen LogP contribution in [0, 0.1) is 11.8 Å². The molecule has 1 aliphatic carbocycles. The Morgan fingerprint density at radius 3 is 2.26 bits per heavy atom. The minimum atomic E-state index is -0.469. The van der Waals surface area contributed by atoms with Crippen molar-refractivity contribution in [1.29, 1.82) is 0 Å². The monoisotopic (exact) mass is 455 g/mol. The van der Waals surface area contributed by atoms with Crippen LogP contribution < -0.4 is 10.1 Å². The second kappa shape index (κ2) is 10.6. The van der Waals surface area contributed by atoms with Gasteiger partial charge in [-0.3, -0.25) is 0 Å². The van der Waals surface area contributed by atoms with E-state index >= 15 is 0 Å². The summed E-state index contributed by atoms with van der Waals surface area (Å²) in [5, 5.41) is 2.74. The third-order valence-electron chi connectivity index (χ3n) is 5.71. The lowest BCUT2D eigenvalue weighted by Crippen LogP contribution is -2.26. The average Bonchev–Trinajstić information content (AvgIpc) is 3.20. The van der Waals surface area contributed by atoms with Crippen LogP contribution in [-0.4, -0.2) is 39.4 Å². The summed E-state index contributed by atoms with van der Waals surface area (Å²) in [5.74, 6) is 6.08. The van der Waals surface area contributed by atoms with Crippen molar-refractivity contribution in [3.05, 3.63) is 89.0 Å². The molecule has 0 aromatic heterocycles. The first-order valence-corrected chi connectivity index (χ1v) is 11.0. The van der Waals surface area contributed by atoms with Crippen molar-refractivity contribution >= 4 is 12.1 Å². The van der Waals surface area contributed by atoms with Gasteiger partial charge in [0.1, 0.15) is 12.4 Å². The molecule has 0 aliphatic heterocycles. The molecule has 6 nitrogen and oxygen atoms in total. The van der Waals surface area contributed by atoms with Gasteiger partial charge >= 0.3 is 12.1 Å². The van der Waals surface area contributed by atoms with E-state index in [0.717, 1.165) is 0 Å². The number of carbonyl (C=O) groups is 2. The third kappa shape index (κ3) is 4.89. The molecule has 34 heavy (non-hydrogen) atoms. The molecule has 0 saturated carbocycles. The Hall–Kier alpha value is -4.24. The minimum absolute atomic E-state index is 0.0263. The topological polar surface area (TPSA) is 73.9 Å². The van der Waals surface area contributed by atoms with Gasteiger partial charge in [-0.25, -0.2) is 9.59 Å². The van der Waals surface area contributed by atoms with Crippen LogP contribution in [0.5, 0.6) is 5.75 Å². The van der Waals surface area contributed by atoms with E-state index in [9.17, 15) is 9.59 Å². The number of rotatable bonds is 6. The van der Waals surface area contributed by atoms with Crippen LogP contribution in [0.15, 0.2) is 66.7 Å². The largest absolute Gasteiger partial charge is 0.495 e. The quantitative estimate of drug-likeness (QED) is 0.330. The molecule has 0 saturated heterocycles. The summed E-state index contributed by atoms with van der Waals surface area (Å²) >= 11 is 0. The predicted molar refractivity (Wildman–Crippen MR) is 129 cm³/mol. The predicted octanol–water partition coefficient (Wildman–Crippen LogP) is 4.76. The van der Waals surface area contributed by atoms with Crippen molar-refractivity contribution in [2.45, 2.75) is 12.3 Å². The van der Waals surface area contributed by atoms with E-state index in [-0.39, 0.29) is 12.5 Å². The van der Waals surface area contributed by atoms with E-state index in [1.165, 1.54) is 36.5 Å². The number of nitrogens with one attached hydrogen (secondary N) is 1. The molecule has 3 aromatic carbocycles. The van der Waals surface area contributed by atoms with Crippen molar-refractivity contribution in [2.24, 2.45) is 0 Å². The van der Waals surface area contributed by atoms with Crippen LogP contribution >= 0.6 is 0 Å². The first-order chi connectivity index (χ1) is 16.6. The van der Waals surface area contributed by atoms with E-state index in [4.69, 9.17) is 14.2 Å². The van der Waals surface area contributed by atoms with Gasteiger partial charge in [-0.1, -0.05) is 60.4 Å². The van der Waals surface area contributed by atoms with Crippen molar-refractivity contribution in [3.8, 4) is 28.7 Å². The molecule has 0 atom stereocenters. The number of fused-ring (bicyclic) bond motifs is 3. The summed E-state index contributed by atoms with van der Waals surface area (Å²) in [6, 6.07) is 21.4. The van der Waals surface area contributed by atoms with Gasteiger partial charge in [0.05, 0.1) is 25.3 Å². The van der Waals surface area contributed by atoms with Gasteiger partial charge < -0.3 is 19.5 Å². The SMILES string of the molecule is COC(=O)c1ccc(C#CCCNC(=O)OCC2c3ccccc3-c3ccccc32)c(OC)c1. The van der Waals surface area contributed by atoms with Crippen molar-refractivity contribution < 1.29 is 23.8 Å². The fraction of sp³-hybridized carbons (Fsp3) is 0.214. The summed E-state index contributed by atoms with van der Waals surface area (Å²) in [6.07, 6.45) is -0.0322. The normalized spacial score (nSPS) is 11.5. The second-order valence-corrected chi connectivity index (χ2v) is 7.71. The number of amides is 1. The summed E-state index contributed by atoms with van der Waals surface area (Å²) in [6.45, 7) is 0.627. The zero-order valence-corrected chi connectivity index (χ0v) is 19.1. The van der Waals surface area contributed by atoms with Gasteiger partial charge in [0.15, 0.2) is 0 Å². The van der Waals surface area contributed by atoms with Crippen LogP contribution in [0.2, 0.25) is 0 Å². The molecule has 0 spiro atoms. The number of benzene rings is 3. The molecular formula is C28H25NO5. The molecular weight excluding hydrogens is 430 g/mol. The highest BCUT2D eigenvalue weighted by Gasteiger charge is 2.28. The number of carbonyl (C=O) groups excluding carboxylic acids is 2. The Morgan fingerprint density at radius 2 is 1.62 bits per heavy atom. The maximum absolute atomic E-state index is 12.2. The lowest BCUT2D eigenvalue weighted by atomic mass is 9.98. The smallest absolute Gasteiger partial charge is 0.407 e. The Morgan fingerprint density at radius 1 is 0.941 bits per heavy atom. The van der Waals surface area contributed by atoms with Crippen molar-refractivity contribution in [2.75, 3.05) is 27.4 Å². The molecule has 0 bridgehead atoms. The van der Waals surface area contributed by atoms with E-state index in [0.29, 0.717) is 29.8 Å². The average molecular weight is 456 g/mol. The molecule has 1 N–H and O–H groups in total. The molecule has 0 unspecified atom stereocenters.